The quantitative estimate of drug-likeness (QED) is 0.436. The highest BCUT2D eigenvalue weighted by molar-refractivity contribution is 9.10. The van der Waals surface area contributed by atoms with Gasteiger partial charge >= 0.3 is 5.97 Å². The number of imidazole rings is 1. The Labute approximate surface area is 160 Å². The van der Waals surface area contributed by atoms with Crippen LogP contribution in [0.25, 0.3) is 11.2 Å². The number of H-pyrrole nitrogens is 1. The maximum Gasteiger partial charge on any atom is 0.306 e. The number of aromatic nitrogens is 3. The van der Waals surface area contributed by atoms with E-state index >= 15 is 0 Å². The van der Waals surface area contributed by atoms with E-state index in [2.05, 4.69) is 30.9 Å². The normalized spacial score (nSPS) is 12.2. The number of ether oxygens (including phenoxy) is 2. The Kier molecular flexibility index (Phi) is 6.35. The molecule has 0 bridgehead atoms. The standard InChI is InChI=1S/C19H20BrN3O3/c1-13(18-22-16-10-15(20)11-21-19(16)23-18)26-17(24)8-5-9-25-12-14-6-3-2-4-7-14/h2-4,6-7,10-11,13H,5,8-9,12H2,1H3,(H,21,22,23). The molecule has 0 saturated heterocycles. The number of aromatic amines is 1. The minimum absolute atomic E-state index is 0.268. The van der Waals surface area contributed by atoms with Crippen LogP contribution < -0.4 is 0 Å². The molecule has 6 nitrogen and oxygen atoms in total. The predicted molar refractivity (Wildman–Crippen MR) is 101 cm³/mol. The molecular formula is C19H20BrN3O3. The largest absolute Gasteiger partial charge is 0.454 e. The van der Waals surface area contributed by atoms with Crippen LogP contribution in [-0.2, 0) is 20.9 Å². The second kappa shape index (κ2) is 8.91. The molecule has 1 atom stereocenters. The van der Waals surface area contributed by atoms with Gasteiger partial charge < -0.3 is 14.5 Å². The minimum atomic E-state index is -0.458. The van der Waals surface area contributed by atoms with E-state index in [1.807, 2.05) is 36.4 Å². The monoisotopic (exact) mass is 417 g/mol. The highest BCUT2D eigenvalue weighted by atomic mass is 79.9. The number of pyridine rings is 1. The first-order valence-electron chi connectivity index (χ1n) is 8.44. The molecule has 3 aromatic rings. The summed E-state index contributed by atoms with van der Waals surface area (Å²) in [5, 5.41) is 0. The van der Waals surface area contributed by atoms with Crippen LogP contribution in [0.5, 0.6) is 0 Å². The van der Waals surface area contributed by atoms with E-state index in [0.29, 0.717) is 37.5 Å². The first-order valence-corrected chi connectivity index (χ1v) is 9.23. The van der Waals surface area contributed by atoms with Gasteiger partial charge in [-0.05, 0) is 40.9 Å². The number of benzene rings is 1. The van der Waals surface area contributed by atoms with Gasteiger partial charge in [-0.1, -0.05) is 30.3 Å². The van der Waals surface area contributed by atoms with Crippen LogP contribution in [0.2, 0.25) is 0 Å². The summed E-state index contributed by atoms with van der Waals surface area (Å²) in [6.07, 6.45) is 2.15. The summed E-state index contributed by atoms with van der Waals surface area (Å²) < 4.78 is 11.9. The zero-order chi connectivity index (χ0) is 18.4. The highest BCUT2D eigenvalue weighted by Gasteiger charge is 2.16. The molecular weight excluding hydrogens is 398 g/mol. The van der Waals surface area contributed by atoms with Gasteiger partial charge in [0.15, 0.2) is 11.8 Å². The number of rotatable bonds is 8. The number of carbonyl (C=O) groups excluding carboxylic acids is 1. The Hall–Kier alpha value is -2.25. The van der Waals surface area contributed by atoms with Crippen molar-refractivity contribution in [1.82, 2.24) is 15.0 Å². The average Bonchev–Trinajstić information content (AvgIpc) is 3.05. The maximum absolute atomic E-state index is 12.0. The number of halogens is 1. The first kappa shape index (κ1) is 18.5. The van der Waals surface area contributed by atoms with Gasteiger partial charge in [-0.2, -0.15) is 0 Å². The van der Waals surface area contributed by atoms with Gasteiger partial charge in [0, 0.05) is 23.7 Å². The summed E-state index contributed by atoms with van der Waals surface area (Å²) in [6.45, 7) is 2.85. The van der Waals surface area contributed by atoms with E-state index in [1.54, 1.807) is 13.1 Å². The van der Waals surface area contributed by atoms with Gasteiger partial charge in [0.2, 0.25) is 0 Å². The van der Waals surface area contributed by atoms with Crippen molar-refractivity contribution in [3.63, 3.8) is 0 Å². The fraction of sp³-hybridized carbons (Fsp3) is 0.316. The van der Waals surface area contributed by atoms with E-state index < -0.39 is 6.10 Å². The molecule has 0 amide bonds. The van der Waals surface area contributed by atoms with Crippen LogP contribution in [0.1, 0.15) is 37.3 Å². The number of hydrogen-bond donors (Lipinski definition) is 1. The van der Waals surface area contributed by atoms with Crippen LogP contribution in [0.15, 0.2) is 47.1 Å². The van der Waals surface area contributed by atoms with E-state index in [1.165, 1.54) is 0 Å². The lowest BCUT2D eigenvalue weighted by atomic mass is 10.2. The summed E-state index contributed by atoms with van der Waals surface area (Å²) in [5.74, 6) is 0.315. The number of nitrogens with zero attached hydrogens (tertiary/aromatic N) is 2. The smallest absolute Gasteiger partial charge is 0.306 e. The van der Waals surface area contributed by atoms with Gasteiger partial charge in [0.25, 0.3) is 0 Å². The van der Waals surface area contributed by atoms with Crippen LogP contribution in [-0.4, -0.2) is 27.5 Å². The highest BCUT2D eigenvalue weighted by Crippen LogP contribution is 2.20. The lowest BCUT2D eigenvalue weighted by Crippen LogP contribution is -2.11. The first-order chi connectivity index (χ1) is 12.6. The third-order valence-electron chi connectivity index (χ3n) is 3.80. The molecule has 1 N–H and O–H groups in total. The predicted octanol–water partition coefficient (Wildman–Crippen LogP) is 4.32. The number of esters is 1. The number of hydrogen-bond acceptors (Lipinski definition) is 5. The van der Waals surface area contributed by atoms with Crippen molar-refractivity contribution < 1.29 is 14.3 Å². The molecule has 0 aliphatic carbocycles. The molecule has 26 heavy (non-hydrogen) atoms. The Bertz CT molecular complexity index is 867. The molecule has 0 radical (unpaired) electrons. The molecule has 1 unspecified atom stereocenters. The fourth-order valence-electron chi connectivity index (χ4n) is 2.48. The Morgan fingerprint density at radius 1 is 1.31 bits per heavy atom. The van der Waals surface area contributed by atoms with Crippen molar-refractivity contribution in [2.45, 2.75) is 32.5 Å². The maximum atomic E-state index is 12.0. The number of nitrogens with one attached hydrogen (secondary N) is 1. The molecule has 0 saturated carbocycles. The summed E-state index contributed by atoms with van der Waals surface area (Å²) in [7, 11) is 0. The molecule has 0 fully saturated rings. The van der Waals surface area contributed by atoms with Crippen molar-refractivity contribution in [1.29, 1.82) is 0 Å². The molecule has 7 heteroatoms. The molecule has 3 rings (SSSR count). The zero-order valence-corrected chi connectivity index (χ0v) is 16.0. The summed E-state index contributed by atoms with van der Waals surface area (Å²) >= 11 is 3.37. The van der Waals surface area contributed by atoms with Gasteiger partial charge in [0.1, 0.15) is 5.82 Å². The second-order valence-electron chi connectivity index (χ2n) is 5.92. The van der Waals surface area contributed by atoms with Gasteiger partial charge in [0.05, 0.1) is 12.1 Å². The van der Waals surface area contributed by atoms with E-state index in [-0.39, 0.29) is 5.97 Å². The lowest BCUT2D eigenvalue weighted by Gasteiger charge is -2.10. The van der Waals surface area contributed by atoms with Crippen molar-refractivity contribution in [2.75, 3.05) is 6.61 Å². The molecule has 2 aromatic heterocycles. The van der Waals surface area contributed by atoms with Crippen molar-refractivity contribution in [3.05, 3.63) is 58.5 Å². The van der Waals surface area contributed by atoms with E-state index in [9.17, 15) is 4.79 Å². The summed E-state index contributed by atoms with van der Waals surface area (Å²) in [5.41, 5.74) is 2.51. The third-order valence-corrected chi connectivity index (χ3v) is 4.23. The van der Waals surface area contributed by atoms with Crippen molar-refractivity contribution in [2.24, 2.45) is 0 Å². The van der Waals surface area contributed by atoms with Crippen molar-refractivity contribution in [3.8, 4) is 0 Å². The SMILES string of the molecule is CC(OC(=O)CCCOCc1ccccc1)c1nc2ncc(Br)cc2[nH]1. The Morgan fingerprint density at radius 2 is 2.12 bits per heavy atom. The third kappa shape index (κ3) is 5.12. The van der Waals surface area contributed by atoms with Crippen LogP contribution in [0, 0.1) is 0 Å². The lowest BCUT2D eigenvalue weighted by molar-refractivity contribution is -0.149. The van der Waals surface area contributed by atoms with Crippen molar-refractivity contribution >= 4 is 33.1 Å². The molecule has 136 valence electrons. The molecule has 0 aliphatic heterocycles. The Balaban J connectivity index is 1.40. The molecule has 1 aromatic carbocycles. The second-order valence-corrected chi connectivity index (χ2v) is 6.84. The summed E-state index contributed by atoms with van der Waals surface area (Å²) in [4.78, 5) is 23.7. The zero-order valence-electron chi connectivity index (χ0n) is 14.4. The van der Waals surface area contributed by atoms with E-state index in [4.69, 9.17) is 9.47 Å². The van der Waals surface area contributed by atoms with Gasteiger partial charge in [-0.3, -0.25) is 4.79 Å². The number of fused-ring (bicyclic) bond motifs is 1. The van der Waals surface area contributed by atoms with Crippen LogP contribution in [0.3, 0.4) is 0 Å². The van der Waals surface area contributed by atoms with Gasteiger partial charge in [-0.15, -0.1) is 0 Å². The summed E-state index contributed by atoms with van der Waals surface area (Å²) in [6, 6.07) is 11.8. The molecule has 0 aliphatic rings. The minimum Gasteiger partial charge on any atom is -0.454 e. The van der Waals surface area contributed by atoms with E-state index in [0.717, 1.165) is 15.6 Å². The van der Waals surface area contributed by atoms with Gasteiger partial charge in [-0.25, -0.2) is 9.97 Å². The average molecular weight is 418 g/mol. The molecule has 2 heterocycles. The topological polar surface area (TPSA) is 77.1 Å². The Morgan fingerprint density at radius 3 is 2.92 bits per heavy atom. The molecule has 0 spiro atoms. The number of carbonyl (C=O) groups is 1. The fourth-order valence-corrected chi connectivity index (χ4v) is 2.81. The van der Waals surface area contributed by atoms with Crippen LogP contribution in [0.4, 0.5) is 0 Å². The van der Waals surface area contributed by atoms with Crippen LogP contribution >= 0.6 is 15.9 Å².